The van der Waals surface area contributed by atoms with Gasteiger partial charge in [-0.3, -0.25) is 4.79 Å². The minimum atomic E-state index is -2.10. The number of benzene rings is 2. The number of carboxylic acids is 1. The number of aliphatic carboxylic acids is 1. The molecule has 1 N–H and O–H groups in total. The number of hydrogen-bond donors (Lipinski definition) is 1. The molecule has 2 nitrogen and oxygen atoms in total. The molecule has 0 saturated carbocycles. The van der Waals surface area contributed by atoms with E-state index in [2.05, 4.69) is 0 Å². The van der Waals surface area contributed by atoms with Gasteiger partial charge in [0.15, 0.2) is 0 Å². The van der Waals surface area contributed by atoms with E-state index < -0.39 is 18.0 Å². The predicted octanol–water partition coefficient (Wildman–Crippen LogP) is 5.35. The van der Waals surface area contributed by atoms with Crippen LogP contribution in [0.15, 0.2) is 52.9 Å². The molecular formula is C20H17FO2S. The van der Waals surface area contributed by atoms with Gasteiger partial charge in [0.05, 0.1) is 6.42 Å². The highest BCUT2D eigenvalue weighted by Gasteiger charge is 2.25. The van der Waals surface area contributed by atoms with Crippen LogP contribution in [0.1, 0.15) is 34.1 Å². The Kier molecular flexibility index (Phi) is 3.61. The molecule has 0 saturated heterocycles. The lowest BCUT2D eigenvalue weighted by molar-refractivity contribution is -0.135. The van der Waals surface area contributed by atoms with Crippen molar-refractivity contribution in [2.45, 2.75) is 18.2 Å². The van der Waals surface area contributed by atoms with Crippen molar-refractivity contribution in [3.8, 4) is 0 Å². The molecule has 122 valence electrons. The van der Waals surface area contributed by atoms with E-state index in [0.29, 0.717) is 16.0 Å². The molecule has 2 aromatic carbocycles. The zero-order valence-corrected chi connectivity index (χ0v) is 13.8. The van der Waals surface area contributed by atoms with Gasteiger partial charge in [0.1, 0.15) is 5.82 Å². The van der Waals surface area contributed by atoms with Crippen molar-refractivity contribution in [2.24, 2.45) is 0 Å². The number of carboxylic acid groups (broad SMARTS) is 1. The Morgan fingerprint density at radius 3 is 2.67 bits per heavy atom. The first-order valence-electron chi connectivity index (χ1n) is 8.87. The summed E-state index contributed by atoms with van der Waals surface area (Å²) in [6.07, 6.45) is -0.363. The average Bonchev–Trinajstić information content (AvgIpc) is 2.80. The van der Waals surface area contributed by atoms with Gasteiger partial charge >= 0.3 is 5.97 Å². The fourth-order valence-corrected chi connectivity index (χ4v) is 3.20. The molecule has 0 radical (unpaired) electrons. The molecule has 0 aromatic heterocycles. The first kappa shape index (κ1) is 13.0. The van der Waals surface area contributed by atoms with E-state index >= 15 is 0 Å². The Morgan fingerprint density at radius 2 is 2.00 bits per heavy atom. The number of halogens is 1. The summed E-state index contributed by atoms with van der Waals surface area (Å²) in [4.78, 5) is 11.9. The molecule has 0 fully saturated rings. The zero-order chi connectivity index (χ0) is 19.8. The highest BCUT2D eigenvalue weighted by Crippen LogP contribution is 2.43. The van der Waals surface area contributed by atoms with Crippen molar-refractivity contribution in [3.63, 3.8) is 0 Å². The van der Waals surface area contributed by atoms with Crippen molar-refractivity contribution in [1.29, 1.82) is 0 Å². The van der Waals surface area contributed by atoms with E-state index in [-0.39, 0.29) is 6.42 Å². The number of hydrogen-bond acceptors (Lipinski definition) is 2. The number of carbonyl (C=O) groups is 1. The fourth-order valence-electron chi connectivity index (χ4n) is 2.93. The molecule has 24 heavy (non-hydrogen) atoms. The van der Waals surface area contributed by atoms with E-state index in [4.69, 9.17) is 4.11 Å². The molecule has 1 aliphatic carbocycles. The number of fused-ring (bicyclic) bond motifs is 1. The van der Waals surface area contributed by atoms with Crippen LogP contribution in [0.3, 0.4) is 0 Å². The van der Waals surface area contributed by atoms with Gasteiger partial charge in [-0.25, -0.2) is 4.39 Å². The van der Waals surface area contributed by atoms with Gasteiger partial charge in [0.2, 0.25) is 0 Å². The molecule has 4 heteroatoms. The fraction of sp³-hybridized carbons (Fsp3) is 0.150. The maximum atomic E-state index is 13.7. The molecule has 0 spiro atoms. The molecule has 3 rings (SSSR count). The SMILES string of the molecule is [2H]C([2H])([2H])Sc1ccc(/C=C2/C(C)=C(CC(=O)O)c3cc(F)ccc32)cc1. The van der Waals surface area contributed by atoms with Crippen LogP contribution in [0.2, 0.25) is 0 Å². The van der Waals surface area contributed by atoms with Crippen molar-refractivity contribution >= 4 is 35.0 Å². The highest BCUT2D eigenvalue weighted by atomic mass is 32.2. The Balaban J connectivity index is 2.00. The van der Waals surface area contributed by atoms with Gasteiger partial charge in [-0.05, 0) is 76.9 Å². The smallest absolute Gasteiger partial charge is 0.307 e. The second-order valence-corrected chi connectivity index (χ2v) is 6.27. The third kappa shape index (κ3) is 3.15. The van der Waals surface area contributed by atoms with Crippen molar-refractivity contribution in [2.75, 3.05) is 6.18 Å². The molecule has 0 unspecified atom stereocenters. The van der Waals surface area contributed by atoms with Gasteiger partial charge in [-0.1, -0.05) is 18.2 Å². The summed E-state index contributed by atoms with van der Waals surface area (Å²) in [6.45, 7) is 1.83. The lowest BCUT2D eigenvalue weighted by Crippen LogP contribution is -1.97. The zero-order valence-electron chi connectivity index (χ0n) is 16.0. The van der Waals surface area contributed by atoms with Gasteiger partial charge < -0.3 is 5.11 Å². The van der Waals surface area contributed by atoms with E-state index in [1.807, 2.05) is 25.1 Å². The van der Waals surface area contributed by atoms with Crippen LogP contribution in [0, 0.1) is 5.82 Å². The molecule has 0 aliphatic heterocycles. The van der Waals surface area contributed by atoms with Crippen LogP contribution in [-0.4, -0.2) is 17.3 Å². The van der Waals surface area contributed by atoms with Crippen molar-refractivity contribution in [1.82, 2.24) is 0 Å². The molecule has 0 heterocycles. The first-order valence-corrected chi connectivity index (χ1v) is 8.19. The quantitative estimate of drug-likeness (QED) is 0.760. The van der Waals surface area contributed by atoms with E-state index in [9.17, 15) is 14.3 Å². The first-order chi connectivity index (χ1) is 12.6. The average molecular weight is 343 g/mol. The summed E-state index contributed by atoms with van der Waals surface area (Å²) in [5, 5.41) is 9.19. The molecular weight excluding hydrogens is 323 g/mol. The van der Waals surface area contributed by atoms with Crippen molar-refractivity contribution in [3.05, 3.63) is 70.5 Å². The predicted molar refractivity (Wildman–Crippen MR) is 97.3 cm³/mol. The third-order valence-corrected chi connectivity index (χ3v) is 4.60. The highest BCUT2D eigenvalue weighted by molar-refractivity contribution is 7.98. The lowest BCUT2D eigenvalue weighted by atomic mass is 10.0. The molecule has 0 atom stereocenters. The summed E-state index contributed by atoms with van der Waals surface area (Å²) < 4.78 is 35.6. The van der Waals surface area contributed by atoms with E-state index in [1.54, 1.807) is 18.2 Å². The maximum Gasteiger partial charge on any atom is 0.307 e. The summed E-state index contributed by atoms with van der Waals surface area (Å²) in [5.74, 6) is -1.37. The van der Waals surface area contributed by atoms with Gasteiger partial charge in [-0.2, -0.15) is 0 Å². The van der Waals surface area contributed by atoms with Crippen LogP contribution >= 0.6 is 11.8 Å². The summed E-state index contributed by atoms with van der Waals surface area (Å²) in [7, 11) is 0. The lowest BCUT2D eigenvalue weighted by Gasteiger charge is -2.05. The number of rotatable bonds is 4. The molecule has 0 bridgehead atoms. The largest absolute Gasteiger partial charge is 0.481 e. The standard InChI is InChI=1S/C20H17FO2S/c1-12-17(9-13-3-6-15(24-2)7-4-13)16-8-5-14(21)10-19(16)18(12)11-20(22)23/h3-10H,11H2,1-2H3,(H,22,23)/b17-9-/i2D3. The maximum absolute atomic E-state index is 13.7. The van der Waals surface area contributed by atoms with Gasteiger partial charge in [0.25, 0.3) is 0 Å². The van der Waals surface area contributed by atoms with Crippen LogP contribution in [-0.2, 0) is 4.79 Å². The second-order valence-electron chi connectivity index (χ2n) is 5.59. The molecule has 0 amide bonds. The Labute approximate surface area is 148 Å². The topological polar surface area (TPSA) is 37.3 Å². The van der Waals surface area contributed by atoms with E-state index in [1.165, 1.54) is 12.1 Å². The van der Waals surface area contributed by atoms with Crippen LogP contribution in [0.4, 0.5) is 4.39 Å². The van der Waals surface area contributed by atoms with Crippen molar-refractivity contribution < 1.29 is 18.4 Å². The summed E-state index contributed by atoms with van der Waals surface area (Å²) in [5.41, 5.74) is 4.52. The minimum absolute atomic E-state index is 0.173. The van der Waals surface area contributed by atoms with Gasteiger partial charge in [0, 0.05) is 9.01 Å². The number of allylic oxidation sites excluding steroid dienone is 2. The van der Waals surface area contributed by atoms with E-state index in [0.717, 1.165) is 34.0 Å². The van der Waals surface area contributed by atoms with Crippen LogP contribution in [0.5, 0.6) is 0 Å². The van der Waals surface area contributed by atoms with Crippen LogP contribution in [0.25, 0.3) is 17.2 Å². The van der Waals surface area contributed by atoms with Crippen LogP contribution < -0.4 is 0 Å². The normalized spacial score (nSPS) is 17.4. The second kappa shape index (κ2) is 6.65. The molecule has 1 aliphatic rings. The number of thioether (sulfide) groups is 1. The Bertz CT molecular complexity index is 960. The summed E-state index contributed by atoms with van der Waals surface area (Å²) in [6, 6.07) is 11.5. The summed E-state index contributed by atoms with van der Waals surface area (Å²) >= 11 is 0.813. The Hall–Kier alpha value is -2.33. The third-order valence-electron chi connectivity index (χ3n) is 4.09. The van der Waals surface area contributed by atoms with Gasteiger partial charge in [-0.15, -0.1) is 11.8 Å². The minimum Gasteiger partial charge on any atom is -0.481 e. The Morgan fingerprint density at radius 1 is 1.25 bits per heavy atom. The monoisotopic (exact) mass is 343 g/mol. The molecule has 2 aromatic rings.